The highest BCUT2D eigenvalue weighted by Gasteiger charge is 2.26. The zero-order chi connectivity index (χ0) is 18.0. The van der Waals surface area contributed by atoms with Crippen molar-refractivity contribution in [1.82, 2.24) is 0 Å². The third-order valence-electron chi connectivity index (χ3n) is 3.63. The zero-order valence-corrected chi connectivity index (χ0v) is 16.0. The van der Waals surface area contributed by atoms with Crippen LogP contribution in [0.2, 0.25) is 20.1 Å². The summed E-state index contributed by atoms with van der Waals surface area (Å²) in [5.74, 6) is 1.05. The molecule has 8 heteroatoms. The van der Waals surface area contributed by atoms with Crippen LogP contribution < -0.4 is 20.9 Å². The van der Waals surface area contributed by atoms with Crippen molar-refractivity contribution in [2.75, 3.05) is 14.2 Å². The second-order valence-corrected chi connectivity index (χ2v) is 6.69. The lowest BCUT2D eigenvalue weighted by molar-refractivity contribution is 0.414. The van der Waals surface area contributed by atoms with E-state index in [1.165, 1.54) is 14.2 Å². The Morgan fingerprint density at radius 3 is 1.12 bits per heavy atom. The fourth-order valence-electron chi connectivity index (χ4n) is 2.35. The summed E-state index contributed by atoms with van der Waals surface area (Å²) in [5.41, 5.74) is 13.6. The minimum atomic E-state index is -0.723. The largest absolute Gasteiger partial charge is 0.497 e. The maximum atomic E-state index is 6.29. The predicted molar refractivity (Wildman–Crippen MR) is 99.9 cm³/mol. The molecule has 0 radical (unpaired) electrons. The van der Waals surface area contributed by atoms with Crippen LogP contribution in [0.5, 0.6) is 11.5 Å². The van der Waals surface area contributed by atoms with E-state index in [0.717, 1.165) is 0 Å². The first-order valence-corrected chi connectivity index (χ1v) is 8.38. The molecule has 2 atom stereocenters. The lowest BCUT2D eigenvalue weighted by Gasteiger charge is -2.25. The highest BCUT2D eigenvalue weighted by molar-refractivity contribution is 6.37. The molecule has 24 heavy (non-hydrogen) atoms. The molecule has 0 saturated carbocycles. The van der Waals surface area contributed by atoms with Gasteiger partial charge in [-0.25, -0.2) is 0 Å². The molecule has 0 heterocycles. The van der Waals surface area contributed by atoms with Crippen molar-refractivity contribution in [2.45, 2.75) is 12.1 Å². The van der Waals surface area contributed by atoms with Crippen molar-refractivity contribution in [3.63, 3.8) is 0 Å². The maximum absolute atomic E-state index is 6.29. The maximum Gasteiger partial charge on any atom is 0.121 e. The van der Waals surface area contributed by atoms with Crippen molar-refractivity contribution in [3.05, 3.63) is 55.5 Å². The Kier molecular flexibility index (Phi) is 6.48. The molecule has 0 fully saturated rings. The Labute approximate surface area is 160 Å². The summed E-state index contributed by atoms with van der Waals surface area (Å²) < 4.78 is 10.2. The number of hydrogen-bond donors (Lipinski definition) is 2. The van der Waals surface area contributed by atoms with Gasteiger partial charge in [-0.2, -0.15) is 0 Å². The van der Waals surface area contributed by atoms with Crippen molar-refractivity contribution in [2.24, 2.45) is 11.5 Å². The van der Waals surface area contributed by atoms with Crippen LogP contribution >= 0.6 is 46.4 Å². The fraction of sp³-hybridized carbons (Fsp3) is 0.250. The molecule has 0 spiro atoms. The van der Waals surface area contributed by atoms with Crippen LogP contribution in [0.4, 0.5) is 0 Å². The van der Waals surface area contributed by atoms with Crippen molar-refractivity contribution in [1.29, 1.82) is 0 Å². The summed E-state index contributed by atoms with van der Waals surface area (Å²) >= 11 is 25.1. The van der Waals surface area contributed by atoms with E-state index in [0.29, 0.717) is 42.7 Å². The highest BCUT2D eigenvalue weighted by Crippen LogP contribution is 2.42. The van der Waals surface area contributed by atoms with Gasteiger partial charge in [0.25, 0.3) is 0 Å². The van der Waals surface area contributed by atoms with Crippen LogP contribution in [0, 0.1) is 0 Å². The summed E-state index contributed by atoms with van der Waals surface area (Å²) in [7, 11) is 3.04. The topological polar surface area (TPSA) is 70.5 Å². The van der Waals surface area contributed by atoms with Gasteiger partial charge in [0.2, 0.25) is 0 Å². The van der Waals surface area contributed by atoms with E-state index in [1.807, 2.05) is 0 Å². The van der Waals surface area contributed by atoms with E-state index in [4.69, 9.17) is 67.3 Å². The van der Waals surface area contributed by atoms with Crippen molar-refractivity contribution < 1.29 is 9.47 Å². The van der Waals surface area contributed by atoms with Crippen LogP contribution in [0.25, 0.3) is 0 Å². The van der Waals surface area contributed by atoms with E-state index in [2.05, 4.69) is 0 Å². The van der Waals surface area contributed by atoms with E-state index < -0.39 is 12.1 Å². The summed E-state index contributed by atoms with van der Waals surface area (Å²) in [4.78, 5) is 0. The van der Waals surface area contributed by atoms with Crippen LogP contribution in [0.3, 0.4) is 0 Å². The average molecular weight is 410 g/mol. The molecule has 0 saturated heterocycles. The third-order valence-corrected chi connectivity index (χ3v) is 4.88. The summed E-state index contributed by atoms with van der Waals surface area (Å²) in [6.45, 7) is 0. The van der Waals surface area contributed by atoms with E-state index in [9.17, 15) is 0 Å². The molecule has 4 N–H and O–H groups in total. The average Bonchev–Trinajstić information content (AvgIpc) is 2.52. The third kappa shape index (κ3) is 3.85. The van der Waals surface area contributed by atoms with Crippen molar-refractivity contribution >= 4 is 46.4 Å². The first-order chi connectivity index (χ1) is 11.3. The van der Waals surface area contributed by atoms with Crippen molar-refractivity contribution in [3.8, 4) is 11.5 Å². The summed E-state index contributed by atoms with van der Waals surface area (Å²) in [6, 6.07) is 5.02. The first-order valence-electron chi connectivity index (χ1n) is 6.87. The Bertz CT molecular complexity index is 645. The van der Waals surface area contributed by atoms with Crippen LogP contribution in [-0.4, -0.2) is 14.2 Å². The molecule has 2 rings (SSSR count). The molecular weight excluding hydrogens is 394 g/mol. The van der Waals surface area contributed by atoms with Crippen LogP contribution in [0.15, 0.2) is 24.3 Å². The molecule has 0 aliphatic rings. The van der Waals surface area contributed by atoms with Gasteiger partial charge in [-0.15, -0.1) is 0 Å². The Hall–Kier alpha value is -0.880. The van der Waals surface area contributed by atoms with Crippen LogP contribution in [-0.2, 0) is 0 Å². The van der Waals surface area contributed by atoms with E-state index in [1.54, 1.807) is 24.3 Å². The predicted octanol–water partition coefficient (Wildman–Crippen LogP) is 5.02. The standard InChI is InChI=1S/C16H16Cl4N2O2/c1-23-7-3-9(17)13(10(18)4-7)15(21)16(22)14-11(19)5-8(24-2)6-12(14)20/h3-6,15-16H,21-22H2,1-2H3. The van der Waals surface area contributed by atoms with Gasteiger partial charge in [-0.1, -0.05) is 46.4 Å². The molecular formula is C16H16Cl4N2O2. The second-order valence-electron chi connectivity index (χ2n) is 5.06. The van der Waals surface area contributed by atoms with Gasteiger partial charge >= 0.3 is 0 Å². The SMILES string of the molecule is COc1cc(Cl)c(C(N)C(N)c2c(Cl)cc(OC)cc2Cl)c(Cl)c1. The normalized spacial score (nSPS) is 13.5. The summed E-state index contributed by atoms with van der Waals surface area (Å²) in [6.07, 6.45) is 0. The highest BCUT2D eigenvalue weighted by atomic mass is 35.5. The van der Waals surface area contributed by atoms with E-state index in [-0.39, 0.29) is 0 Å². The number of benzene rings is 2. The smallest absolute Gasteiger partial charge is 0.121 e. The number of halogens is 4. The Morgan fingerprint density at radius 2 is 0.917 bits per heavy atom. The quantitative estimate of drug-likeness (QED) is 0.727. The lowest BCUT2D eigenvalue weighted by atomic mass is 9.94. The number of hydrogen-bond acceptors (Lipinski definition) is 4. The Balaban J connectivity index is 2.46. The minimum absolute atomic E-state index is 0.350. The molecule has 0 aliphatic carbocycles. The van der Waals surface area contributed by atoms with Gasteiger partial charge in [0.05, 0.1) is 46.4 Å². The lowest BCUT2D eigenvalue weighted by Crippen LogP contribution is -2.27. The fourth-order valence-corrected chi connectivity index (χ4v) is 3.79. The molecule has 2 unspecified atom stereocenters. The molecule has 2 aromatic carbocycles. The number of rotatable bonds is 5. The molecule has 130 valence electrons. The first kappa shape index (κ1) is 19.4. The van der Waals surface area contributed by atoms with E-state index >= 15 is 0 Å². The number of nitrogens with two attached hydrogens (primary N) is 2. The molecule has 2 aromatic rings. The van der Waals surface area contributed by atoms with Gasteiger partial charge in [-0.3, -0.25) is 0 Å². The molecule has 4 nitrogen and oxygen atoms in total. The molecule has 0 aliphatic heterocycles. The Morgan fingerprint density at radius 1 is 0.667 bits per heavy atom. The van der Waals surface area contributed by atoms with Gasteiger partial charge in [-0.05, 0) is 24.3 Å². The number of methoxy groups -OCH3 is 2. The second kappa shape index (κ2) is 8.00. The van der Waals surface area contributed by atoms with Gasteiger partial charge in [0.1, 0.15) is 11.5 Å². The summed E-state index contributed by atoms with van der Waals surface area (Å²) in [5, 5.41) is 1.40. The molecule has 0 amide bonds. The van der Waals surface area contributed by atoms with Crippen LogP contribution in [0.1, 0.15) is 23.2 Å². The number of ether oxygens (including phenoxy) is 2. The monoisotopic (exact) mass is 408 g/mol. The van der Waals surface area contributed by atoms with Gasteiger partial charge < -0.3 is 20.9 Å². The molecule has 0 aromatic heterocycles. The zero-order valence-electron chi connectivity index (χ0n) is 12.9. The van der Waals surface area contributed by atoms with Gasteiger partial charge in [0, 0.05) is 11.1 Å². The molecule has 0 bridgehead atoms. The van der Waals surface area contributed by atoms with Gasteiger partial charge in [0.15, 0.2) is 0 Å². The minimum Gasteiger partial charge on any atom is -0.497 e.